The Morgan fingerprint density at radius 2 is 0.557 bits per heavy atom. The van der Waals surface area contributed by atoms with Crippen molar-refractivity contribution >= 4 is 11.4 Å². The summed E-state index contributed by atoms with van der Waals surface area (Å²) in [5.41, 5.74) is 21.9. The average molecular weight is 1260 g/mol. The minimum absolute atomic E-state index is 0.984. The van der Waals surface area contributed by atoms with Crippen molar-refractivity contribution in [2.45, 2.75) is 418 Å². The molecule has 0 unspecified atom stereocenters. The van der Waals surface area contributed by atoms with Crippen LogP contribution in [0.1, 0.15) is 417 Å². The normalized spacial score (nSPS) is 12.8. The Labute approximate surface area is 557 Å². The molecule has 3 rings (SSSR count). The third-order valence-electron chi connectivity index (χ3n) is 18.9. The summed E-state index contributed by atoms with van der Waals surface area (Å²) in [6.07, 6.45) is 87.8. The number of benzene rings is 2. The van der Waals surface area contributed by atoms with Crippen LogP contribution in [0.25, 0.3) is 16.9 Å². The summed E-state index contributed by atoms with van der Waals surface area (Å²) >= 11 is 2.01. The number of allylic oxidation sites excluding steroid dienone is 6. The van der Waals surface area contributed by atoms with Gasteiger partial charge in [-0.3, -0.25) is 0 Å². The van der Waals surface area contributed by atoms with Crippen LogP contribution < -0.4 is 0 Å². The van der Waals surface area contributed by atoms with Crippen molar-refractivity contribution in [3.63, 3.8) is 0 Å². The molecule has 0 radical (unpaired) electrons. The molecular weight excluding hydrogens is 1110 g/mol. The number of unbranched alkanes of at least 4 members (excludes halogenated alkanes) is 47. The van der Waals surface area contributed by atoms with Crippen LogP contribution in [0.5, 0.6) is 0 Å². The van der Waals surface area contributed by atoms with Crippen LogP contribution >= 0.6 is 0 Å². The molecule has 0 aliphatic carbocycles. The van der Waals surface area contributed by atoms with E-state index in [4.69, 9.17) is 0 Å². The second kappa shape index (κ2) is 63.3. The zero-order valence-corrected chi connectivity index (χ0v) is 60.8. The number of rotatable bonds is 63. The third kappa shape index (κ3) is 44.1. The molecule has 88 heavy (non-hydrogen) atoms. The second-order valence-electron chi connectivity index (χ2n) is 27.2. The van der Waals surface area contributed by atoms with Crippen molar-refractivity contribution in [1.29, 1.82) is 0 Å². The third-order valence-corrected chi connectivity index (χ3v) is 20.3. The topological polar surface area (TPSA) is 25.3 Å². The minimum atomic E-state index is 0.984. The van der Waals surface area contributed by atoms with E-state index >= 15 is 0 Å². The van der Waals surface area contributed by atoms with Crippen LogP contribution in [0.3, 0.4) is 0 Å². The monoisotopic (exact) mass is 1260 g/mol. The molecule has 1 aliphatic heterocycles. The summed E-state index contributed by atoms with van der Waals surface area (Å²) in [5.74, 6) is 0. The van der Waals surface area contributed by atoms with Gasteiger partial charge in [0.05, 0.1) is 0 Å². The Morgan fingerprint density at radius 3 is 0.875 bits per heavy atom. The molecule has 0 amide bonds. The summed E-state index contributed by atoms with van der Waals surface area (Å²) in [4.78, 5) is 0. The zero-order chi connectivity index (χ0) is 63.1. The fourth-order valence-corrected chi connectivity index (χ4v) is 14.4. The van der Waals surface area contributed by atoms with Crippen molar-refractivity contribution < 1.29 is 19.1 Å². The number of hydrogen-bond acceptors (Lipinski definition) is 0. The Bertz CT molecular complexity index is 1970. The number of hydrogen-bond donors (Lipinski definition) is 0. The summed E-state index contributed by atoms with van der Waals surface area (Å²) in [6.45, 7) is 13.7. The Hall–Kier alpha value is -2.51. The average Bonchev–Trinajstić information content (AvgIpc) is 1.67. The van der Waals surface area contributed by atoms with E-state index in [-0.39, 0.29) is 0 Å². The molecule has 0 saturated heterocycles. The van der Waals surface area contributed by atoms with Crippen molar-refractivity contribution in [2.75, 3.05) is 0 Å². The summed E-state index contributed by atoms with van der Waals surface area (Å²) in [7, 11) is 0. The van der Waals surface area contributed by atoms with Crippen molar-refractivity contribution in [3.8, 4) is 0 Å². The van der Waals surface area contributed by atoms with E-state index in [1.807, 2.05) is 14.4 Å². The van der Waals surface area contributed by atoms with Crippen LogP contribution in [0, 0.1) is 0 Å². The van der Waals surface area contributed by atoms with Gasteiger partial charge < -0.3 is 5.53 Å². The van der Waals surface area contributed by atoms with E-state index < -0.39 is 0 Å². The van der Waals surface area contributed by atoms with Gasteiger partial charge in [-0.25, -0.2) is 4.70 Å². The molecule has 0 bridgehead atoms. The quantitative estimate of drug-likeness (QED) is 0.0273. The van der Waals surface area contributed by atoms with E-state index in [9.17, 15) is 5.53 Å². The van der Waals surface area contributed by atoms with E-state index in [0.717, 1.165) is 69.2 Å². The molecule has 0 spiro atoms. The van der Waals surface area contributed by atoms with Gasteiger partial charge in [0.1, 0.15) is 0 Å². The van der Waals surface area contributed by atoms with Gasteiger partial charge in [0.25, 0.3) is 0 Å². The van der Waals surface area contributed by atoms with Gasteiger partial charge in [0, 0.05) is 22.3 Å². The van der Waals surface area contributed by atoms with E-state index in [1.165, 1.54) is 352 Å². The number of aryl methyl sites for hydroxylation is 2. The van der Waals surface area contributed by atoms with Crippen molar-refractivity contribution in [2.24, 2.45) is 0 Å². The molecule has 1 heterocycles. The molecular formula is C85H148N2Ni. The second-order valence-corrected chi connectivity index (χ2v) is 28.6. The Kier molecular flexibility index (Phi) is 58.6. The van der Waals surface area contributed by atoms with Gasteiger partial charge in [0.15, 0.2) is 0 Å². The van der Waals surface area contributed by atoms with Gasteiger partial charge in [-0.15, -0.1) is 0 Å². The Balaban J connectivity index is 0.00000134. The molecule has 0 fully saturated rings. The molecule has 3 heteroatoms. The van der Waals surface area contributed by atoms with E-state index in [2.05, 4.69) is 114 Å². The van der Waals surface area contributed by atoms with E-state index in [1.54, 1.807) is 4.70 Å². The standard InChI is InChI=1S/C69H114N2.2C8H17.Ni/c1-5-8-11-13-15-17-19-21-23-25-27-29-31-33-35-37-39-41-43-45-47-49-55-63-57-51-53-60-66(63)68-62(4)65(59-10-7-3)69(71(68)70)67-61-54-52-58-64(67)56-50-48-46-44-42-40-38-36-34-32-30-28-26-24-22-20-18-16-14-12-9-6-2;2*1-3-5-7-8-6-4-2;/h43-46,51-54,57-58,60-61H,5-42,47-50,55-56,59H2,1-4H3;2*1,3-8H2,2H3;. The van der Waals surface area contributed by atoms with Crippen molar-refractivity contribution in [1.82, 2.24) is 0 Å². The summed E-state index contributed by atoms with van der Waals surface area (Å²) in [6, 6.07) is 17.7. The predicted octanol–water partition coefficient (Wildman–Crippen LogP) is 30.5. The van der Waals surface area contributed by atoms with Crippen LogP contribution in [0.4, 0.5) is 0 Å². The van der Waals surface area contributed by atoms with Gasteiger partial charge >= 0.3 is 116 Å². The van der Waals surface area contributed by atoms with Gasteiger partial charge in [-0.2, -0.15) is 0 Å². The molecule has 0 aromatic heterocycles. The van der Waals surface area contributed by atoms with Gasteiger partial charge in [-0.1, -0.05) is 293 Å². The maximum absolute atomic E-state index is 12.2. The van der Waals surface area contributed by atoms with Crippen LogP contribution in [-0.4, -0.2) is 4.70 Å². The fourth-order valence-electron chi connectivity index (χ4n) is 13.1. The number of nitrogens with zero attached hydrogens (tertiary/aromatic N) is 2. The van der Waals surface area contributed by atoms with Crippen LogP contribution in [0.2, 0.25) is 10.8 Å². The molecule has 2 nitrogen and oxygen atoms in total. The predicted molar refractivity (Wildman–Crippen MR) is 394 cm³/mol. The molecule has 0 saturated carbocycles. The van der Waals surface area contributed by atoms with Gasteiger partial charge in [0.2, 0.25) is 11.4 Å². The van der Waals surface area contributed by atoms with E-state index in [0.29, 0.717) is 0 Å². The summed E-state index contributed by atoms with van der Waals surface area (Å²) < 4.78 is 1.58. The zero-order valence-electron chi connectivity index (χ0n) is 59.9. The maximum atomic E-state index is 12.2. The van der Waals surface area contributed by atoms with Crippen molar-refractivity contribution in [3.05, 3.63) is 112 Å². The fraction of sp³-hybridized carbons (Fsp3) is 0.765. The first-order chi connectivity index (χ1) is 43.5. The molecule has 508 valence electrons. The first-order valence-electron chi connectivity index (χ1n) is 39.4. The SMILES string of the molecule is CCCCCCCCCCCCCCCCCCCC=CCCCc1ccccc1C1=C(C)C(CCCC)=C(c2ccccc2CCCC=CCCCCCCCCCCCCCCCCCCC)[N+]1=[N-].CCCCCCC[CH2][Ni][CH2]CCCCCCC. The first kappa shape index (κ1) is 81.6. The van der Waals surface area contributed by atoms with Gasteiger partial charge in [-0.05, 0) is 107 Å². The Morgan fingerprint density at radius 1 is 0.295 bits per heavy atom. The first-order valence-corrected chi connectivity index (χ1v) is 40.8. The molecule has 1 aliphatic rings. The molecule has 0 atom stereocenters. The van der Waals surface area contributed by atoms with Crippen LogP contribution in [-0.2, 0) is 27.3 Å². The molecule has 2 aromatic rings. The molecule has 0 N–H and O–H groups in total. The summed E-state index contributed by atoms with van der Waals surface area (Å²) in [5, 5.41) is 2.85. The van der Waals surface area contributed by atoms with Crippen LogP contribution in [0.15, 0.2) is 84.0 Å². The molecule has 2 aromatic carbocycles.